The van der Waals surface area contributed by atoms with Crippen molar-refractivity contribution in [3.8, 4) is 0 Å². The number of rotatable bonds is 20. The lowest BCUT2D eigenvalue weighted by Gasteiger charge is -2.25. The molecule has 0 fully saturated rings. The number of carbonyl (C=O) groups is 1. The van der Waals surface area contributed by atoms with Crippen LogP contribution in [0.25, 0.3) is 0 Å². The minimum atomic E-state index is -1.33. The van der Waals surface area contributed by atoms with Gasteiger partial charge in [-0.3, -0.25) is 4.79 Å². The van der Waals surface area contributed by atoms with Crippen LogP contribution in [0.15, 0.2) is 27.7 Å². The number of hydrogen-bond donors (Lipinski definition) is 3. The second-order valence-electron chi connectivity index (χ2n) is 9.60. The highest BCUT2D eigenvalue weighted by Gasteiger charge is 2.29. The zero-order chi connectivity index (χ0) is 26.2. The van der Waals surface area contributed by atoms with E-state index in [-0.39, 0.29) is 18.5 Å². The highest BCUT2D eigenvalue weighted by molar-refractivity contribution is 5.69. The molecule has 0 aliphatic heterocycles. The van der Waals surface area contributed by atoms with E-state index in [0.717, 1.165) is 19.3 Å². The maximum atomic E-state index is 12.1. The van der Waals surface area contributed by atoms with Crippen molar-refractivity contribution >= 4 is 5.97 Å². The van der Waals surface area contributed by atoms with Gasteiger partial charge in [-0.1, -0.05) is 71.1 Å². The fourth-order valence-corrected chi connectivity index (χ4v) is 4.11. The molecule has 36 heavy (non-hydrogen) atoms. The van der Waals surface area contributed by atoms with E-state index >= 15 is 0 Å². The number of aliphatic hydroxyl groups is 3. The lowest BCUT2D eigenvalue weighted by molar-refractivity contribution is -0.159. The Labute approximate surface area is 214 Å². The van der Waals surface area contributed by atoms with Crippen molar-refractivity contribution in [2.75, 3.05) is 0 Å². The number of aliphatic hydroxyl groups excluding tert-OH is 3. The Morgan fingerprint density at radius 2 is 1.61 bits per heavy atom. The van der Waals surface area contributed by atoms with E-state index in [1.165, 1.54) is 70.9 Å². The number of aromatic nitrogens is 2. The Morgan fingerprint density at radius 3 is 2.22 bits per heavy atom. The fraction of sp³-hybridized carbons (Fsp3) is 0.741. The lowest BCUT2D eigenvalue weighted by Crippen LogP contribution is -2.39. The Balaban J connectivity index is 1.57. The zero-order valence-electron chi connectivity index (χ0n) is 21.8. The third-order valence-corrected chi connectivity index (χ3v) is 6.36. The number of carbonyl (C=O) groups excluding carboxylic acids is 1. The standard InChI is InChI=1S/C27H44N2O7/c1-3-4-5-6-7-8-9-10-11-12-13-14-26(32)36-20(2)27(33)24(31)16-23(30)22-18-34-25(29-22)15-21-17-28-19-35-21/h17-20,23-24,27,30-31,33H,3-16H2,1-2H3/t20-,23+,24-,27+/m0/s1. The SMILES string of the molecule is CCCCCCCCCCCCCC(=O)O[C@@H](C)[C@@H](O)[C@@H](O)C[C@@H](O)c1coc(Cc2cnco2)n1. The topological polar surface area (TPSA) is 139 Å². The van der Waals surface area contributed by atoms with Crippen molar-refractivity contribution in [1.29, 1.82) is 0 Å². The summed E-state index contributed by atoms with van der Waals surface area (Å²) in [7, 11) is 0. The number of nitrogens with zero attached hydrogens (tertiary/aromatic N) is 2. The monoisotopic (exact) mass is 508 g/mol. The molecule has 0 spiro atoms. The number of unbranched alkanes of at least 4 members (excludes halogenated alkanes) is 10. The van der Waals surface area contributed by atoms with E-state index in [0.29, 0.717) is 18.1 Å². The lowest BCUT2D eigenvalue weighted by atomic mass is 10.0. The molecule has 0 bridgehead atoms. The van der Waals surface area contributed by atoms with Crippen LogP contribution >= 0.6 is 0 Å². The molecular weight excluding hydrogens is 464 g/mol. The molecule has 2 aromatic heterocycles. The molecule has 3 N–H and O–H groups in total. The normalized spacial score (nSPS) is 14.9. The third kappa shape index (κ3) is 11.7. The van der Waals surface area contributed by atoms with Gasteiger partial charge in [0.1, 0.15) is 36.0 Å². The number of oxazole rings is 2. The van der Waals surface area contributed by atoms with Crippen LogP contribution in [0.2, 0.25) is 0 Å². The average Bonchev–Trinajstić information content (AvgIpc) is 3.54. The molecule has 9 heteroatoms. The summed E-state index contributed by atoms with van der Waals surface area (Å²) in [4.78, 5) is 20.1. The quantitative estimate of drug-likeness (QED) is 0.166. The van der Waals surface area contributed by atoms with Gasteiger partial charge in [-0.15, -0.1) is 0 Å². The van der Waals surface area contributed by atoms with Crippen molar-refractivity contribution in [2.45, 2.75) is 128 Å². The first-order chi connectivity index (χ1) is 17.4. The first kappa shape index (κ1) is 30.0. The summed E-state index contributed by atoms with van der Waals surface area (Å²) in [5, 5.41) is 31.1. The Hall–Kier alpha value is -2.23. The Kier molecular flexibility index (Phi) is 14.4. The Morgan fingerprint density at radius 1 is 0.972 bits per heavy atom. The molecule has 0 unspecified atom stereocenters. The summed E-state index contributed by atoms with van der Waals surface area (Å²) in [6.45, 7) is 3.76. The van der Waals surface area contributed by atoms with Gasteiger partial charge in [0.2, 0.25) is 5.89 Å². The van der Waals surface area contributed by atoms with Crippen molar-refractivity contribution in [2.24, 2.45) is 0 Å². The van der Waals surface area contributed by atoms with Crippen LogP contribution in [0.4, 0.5) is 0 Å². The highest BCUT2D eigenvalue weighted by Crippen LogP contribution is 2.22. The summed E-state index contributed by atoms with van der Waals surface area (Å²) >= 11 is 0. The molecule has 0 aliphatic rings. The minimum absolute atomic E-state index is 0.185. The summed E-state index contributed by atoms with van der Waals surface area (Å²) in [6.07, 6.45) is 13.0. The second-order valence-corrected chi connectivity index (χ2v) is 9.60. The third-order valence-electron chi connectivity index (χ3n) is 6.36. The zero-order valence-corrected chi connectivity index (χ0v) is 21.8. The van der Waals surface area contributed by atoms with Gasteiger partial charge in [-0.2, -0.15) is 0 Å². The molecule has 0 aliphatic carbocycles. The van der Waals surface area contributed by atoms with Crippen LogP contribution in [0.3, 0.4) is 0 Å². The van der Waals surface area contributed by atoms with Gasteiger partial charge in [-0.25, -0.2) is 9.97 Å². The van der Waals surface area contributed by atoms with E-state index in [9.17, 15) is 20.1 Å². The minimum Gasteiger partial charge on any atom is -0.460 e. The van der Waals surface area contributed by atoms with Crippen molar-refractivity contribution in [3.63, 3.8) is 0 Å². The van der Waals surface area contributed by atoms with Crippen molar-refractivity contribution < 1.29 is 33.7 Å². The van der Waals surface area contributed by atoms with Crippen LogP contribution in [-0.4, -0.2) is 49.6 Å². The second kappa shape index (κ2) is 17.3. The van der Waals surface area contributed by atoms with Crippen LogP contribution in [0, 0.1) is 0 Å². The van der Waals surface area contributed by atoms with Crippen LogP contribution in [-0.2, 0) is 16.0 Å². The maximum Gasteiger partial charge on any atom is 0.306 e. The average molecular weight is 509 g/mol. The van der Waals surface area contributed by atoms with E-state index < -0.39 is 30.4 Å². The molecule has 0 aromatic carbocycles. The molecule has 9 nitrogen and oxygen atoms in total. The van der Waals surface area contributed by atoms with E-state index in [2.05, 4.69) is 16.9 Å². The molecule has 0 saturated carbocycles. The van der Waals surface area contributed by atoms with Gasteiger partial charge >= 0.3 is 5.97 Å². The highest BCUT2D eigenvalue weighted by atomic mass is 16.6. The molecule has 2 aromatic rings. The van der Waals surface area contributed by atoms with Gasteiger partial charge in [0.15, 0.2) is 6.39 Å². The van der Waals surface area contributed by atoms with E-state index in [1.54, 1.807) is 6.20 Å². The molecule has 0 amide bonds. The van der Waals surface area contributed by atoms with Crippen molar-refractivity contribution in [1.82, 2.24) is 9.97 Å². The van der Waals surface area contributed by atoms with Gasteiger partial charge in [0.05, 0.1) is 18.7 Å². The Bertz CT molecular complexity index is 824. The smallest absolute Gasteiger partial charge is 0.306 e. The maximum absolute atomic E-state index is 12.1. The van der Waals surface area contributed by atoms with Crippen LogP contribution < -0.4 is 0 Å². The summed E-state index contributed by atoms with van der Waals surface area (Å²) in [6, 6.07) is 0. The van der Waals surface area contributed by atoms with E-state index in [1.807, 2.05) is 0 Å². The largest absolute Gasteiger partial charge is 0.460 e. The molecule has 4 atom stereocenters. The molecular formula is C27H44N2O7. The summed E-state index contributed by atoms with van der Waals surface area (Å²) in [5.41, 5.74) is 0.233. The van der Waals surface area contributed by atoms with Gasteiger partial charge in [-0.05, 0) is 13.3 Å². The predicted octanol–water partition coefficient (Wildman–Crippen LogP) is 5.03. The van der Waals surface area contributed by atoms with Crippen LogP contribution in [0.1, 0.15) is 121 Å². The van der Waals surface area contributed by atoms with E-state index in [4.69, 9.17) is 13.6 Å². The fourth-order valence-electron chi connectivity index (χ4n) is 4.11. The molecule has 204 valence electrons. The molecule has 0 saturated heterocycles. The van der Waals surface area contributed by atoms with Crippen molar-refractivity contribution in [3.05, 3.63) is 36.2 Å². The van der Waals surface area contributed by atoms with Gasteiger partial charge < -0.3 is 28.9 Å². The number of esters is 1. The van der Waals surface area contributed by atoms with Gasteiger partial charge in [0.25, 0.3) is 0 Å². The summed E-state index contributed by atoms with van der Waals surface area (Å²) in [5.74, 6) is 0.511. The summed E-state index contributed by atoms with van der Waals surface area (Å²) < 4.78 is 15.8. The van der Waals surface area contributed by atoms with Crippen LogP contribution in [0.5, 0.6) is 0 Å². The first-order valence-corrected chi connectivity index (χ1v) is 13.5. The van der Waals surface area contributed by atoms with Gasteiger partial charge in [0, 0.05) is 12.8 Å². The molecule has 2 heterocycles. The first-order valence-electron chi connectivity index (χ1n) is 13.5. The predicted molar refractivity (Wildman–Crippen MR) is 134 cm³/mol. The molecule has 2 rings (SSSR count). The number of hydrogen-bond acceptors (Lipinski definition) is 9. The molecule has 0 radical (unpaired) electrons. The number of ether oxygens (including phenoxy) is 1.